The maximum Gasteiger partial charge on any atom is 0.319 e. The summed E-state index contributed by atoms with van der Waals surface area (Å²) in [5.74, 6) is 0.130. The van der Waals surface area contributed by atoms with Gasteiger partial charge < -0.3 is 20.3 Å². The summed E-state index contributed by atoms with van der Waals surface area (Å²) >= 11 is 0. The number of hydrogen-bond donors (Lipinski definition) is 2. The molecule has 0 bridgehead atoms. The molecule has 1 saturated heterocycles. The number of nitrogens with zero attached hydrogens (tertiary/aromatic N) is 1. The van der Waals surface area contributed by atoms with Crippen LogP contribution >= 0.6 is 0 Å². The molecule has 0 spiro atoms. The van der Waals surface area contributed by atoms with E-state index in [4.69, 9.17) is 4.74 Å². The maximum atomic E-state index is 11.8. The molecular formula is C15H21N3O3. The average molecular weight is 291 g/mol. The molecule has 0 radical (unpaired) electrons. The molecule has 1 aliphatic rings. The summed E-state index contributed by atoms with van der Waals surface area (Å²) in [6.07, 6.45) is 1.47. The average Bonchev–Trinajstić information content (AvgIpc) is 2.85. The topological polar surface area (TPSA) is 70.7 Å². The van der Waals surface area contributed by atoms with E-state index in [1.54, 1.807) is 18.1 Å². The quantitative estimate of drug-likeness (QED) is 0.871. The lowest BCUT2D eigenvalue weighted by Gasteiger charge is -2.17. The predicted molar refractivity (Wildman–Crippen MR) is 81.5 cm³/mol. The van der Waals surface area contributed by atoms with Gasteiger partial charge in [0.25, 0.3) is 0 Å². The Balaban J connectivity index is 1.97. The molecule has 6 heteroatoms. The van der Waals surface area contributed by atoms with Gasteiger partial charge in [0.1, 0.15) is 0 Å². The first-order chi connectivity index (χ1) is 10.1. The highest BCUT2D eigenvalue weighted by Crippen LogP contribution is 2.24. The van der Waals surface area contributed by atoms with Crippen LogP contribution in [0, 0.1) is 0 Å². The van der Waals surface area contributed by atoms with Crippen LogP contribution in [-0.4, -0.2) is 38.2 Å². The van der Waals surface area contributed by atoms with Gasteiger partial charge in [-0.05, 0) is 31.5 Å². The van der Waals surface area contributed by atoms with Crippen molar-refractivity contribution >= 4 is 23.3 Å². The Bertz CT molecular complexity index is 519. The zero-order valence-electron chi connectivity index (χ0n) is 12.4. The number of methoxy groups -OCH3 is 1. The van der Waals surface area contributed by atoms with Crippen molar-refractivity contribution in [1.29, 1.82) is 0 Å². The van der Waals surface area contributed by atoms with Gasteiger partial charge in [-0.25, -0.2) is 4.79 Å². The lowest BCUT2D eigenvalue weighted by Crippen LogP contribution is -2.38. The van der Waals surface area contributed by atoms with Crippen molar-refractivity contribution in [3.63, 3.8) is 0 Å². The molecule has 0 aromatic heterocycles. The van der Waals surface area contributed by atoms with Gasteiger partial charge in [0.05, 0.1) is 12.6 Å². The molecule has 1 fully saturated rings. The molecule has 6 nitrogen and oxygen atoms in total. The Kier molecular flexibility index (Phi) is 5.16. The summed E-state index contributed by atoms with van der Waals surface area (Å²) in [5, 5.41) is 5.54. The van der Waals surface area contributed by atoms with Crippen LogP contribution in [0.1, 0.15) is 19.8 Å². The number of amides is 3. The monoisotopic (exact) mass is 291 g/mol. The smallest absolute Gasteiger partial charge is 0.319 e. The first-order valence-corrected chi connectivity index (χ1v) is 7.07. The Morgan fingerprint density at radius 1 is 1.48 bits per heavy atom. The summed E-state index contributed by atoms with van der Waals surface area (Å²) in [4.78, 5) is 25.3. The van der Waals surface area contributed by atoms with Crippen LogP contribution in [-0.2, 0) is 9.53 Å². The van der Waals surface area contributed by atoms with E-state index in [9.17, 15) is 9.59 Å². The van der Waals surface area contributed by atoms with Crippen molar-refractivity contribution in [2.45, 2.75) is 25.8 Å². The van der Waals surface area contributed by atoms with E-state index in [0.29, 0.717) is 18.7 Å². The number of rotatable bonds is 5. The zero-order chi connectivity index (χ0) is 15.2. The van der Waals surface area contributed by atoms with E-state index >= 15 is 0 Å². The third-order valence-electron chi connectivity index (χ3n) is 3.28. The predicted octanol–water partition coefficient (Wildman–Crippen LogP) is 1.97. The molecule has 0 saturated carbocycles. The van der Waals surface area contributed by atoms with E-state index in [2.05, 4.69) is 10.6 Å². The van der Waals surface area contributed by atoms with Gasteiger partial charge in [-0.1, -0.05) is 6.07 Å². The first kappa shape index (κ1) is 15.3. The van der Waals surface area contributed by atoms with Crippen molar-refractivity contribution in [2.24, 2.45) is 0 Å². The van der Waals surface area contributed by atoms with Gasteiger partial charge in [-0.15, -0.1) is 0 Å². The lowest BCUT2D eigenvalue weighted by atomic mass is 10.2. The van der Waals surface area contributed by atoms with E-state index in [0.717, 1.165) is 18.7 Å². The summed E-state index contributed by atoms with van der Waals surface area (Å²) < 4.78 is 4.97. The van der Waals surface area contributed by atoms with Crippen LogP contribution in [0.5, 0.6) is 0 Å². The van der Waals surface area contributed by atoms with Crippen molar-refractivity contribution in [3.05, 3.63) is 24.3 Å². The van der Waals surface area contributed by atoms with Crippen LogP contribution < -0.4 is 15.5 Å². The third-order valence-corrected chi connectivity index (χ3v) is 3.28. The van der Waals surface area contributed by atoms with Crippen molar-refractivity contribution < 1.29 is 14.3 Å². The second kappa shape index (κ2) is 7.08. The van der Waals surface area contributed by atoms with Gasteiger partial charge in [-0.2, -0.15) is 0 Å². The van der Waals surface area contributed by atoms with E-state index in [1.807, 2.05) is 25.1 Å². The highest BCUT2D eigenvalue weighted by atomic mass is 16.5. The van der Waals surface area contributed by atoms with E-state index < -0.39 is 0 Å². The number of ether oxygens (including phenoxy) is 1. The van der Waals surface area contributed by atoms with Crippen LogP contribution in [0.2, 0.25) is 0 Å². The zero-order valence-corrected chi connectivity index (χ0v) is 12.4. The number of benzene rings is 1. The standard InChI is InChI=1S/C15H21N3O3/c1-11(10-21-2)16-15(20)17-12-5-3-6-13(9-12)18-8-4-7-14(18)19/h3,5-6,9,11H,4,7-8,10H2,1-2H3,(H2,16,17,20). The Hall–Kier alpha value is -2.08. The lowest BCUT2D eigenvalue weighted by molar-refractivity contribution is -0.117. The number of carbonyl (C=O) groups is 2. The van der Waals surface area contributed by atoms with Crippen molar-refractivity contribution in [1.82, 2.24) is 5.32 Å². The molecule has 1 unspecified atom stereocenters. The molecule has 2 N–H and O–H groups in total. The van der Waals surface area contributed by atoms with Gasteiger partial charge in [0, 0.05) is 31.5 Å². The fourth-order valence-corrected chi connectivity index (χ4v) is 2.36. The van der Waals surface area contributed by atoms with Gasteiger partial charge in [0.15, 0.2) is 0 Å². The summed E-state index contributed by atoms with van der Waals surface area (Å²) in [7, 11) is 1.59. The van der Waals surface area contributed by atoms with Crippen molar-refractivity contribution in [2.75, 3.05) is 30.5 Å². The van der Waals surface area contributed by atoms with Gasteiger partial charge in [0.2, 0.25) is 5.91 Å². The number of carbonyl (C=O) groups excluding carboxylic acids is 2. The normalized spacial score (nSPS) is 15.9. The molecular weight excluding hydrogens is 270 g/mol. The molecule has 1 aliphatic heterocycles. The molecule has 0 aliphatic carbocycles. The number of urea groups is 1. The molecule has 1 atom stereocenters. The molecule has 1 heterocycles. The second-order valence-electron chi connectivity index (χ2n) is 5.15. The number of hydrogen-bond acceptors (Lipinski definition) is 3. The maximum absolute atomic E-state index is 11.8. The molecule has 114 valence electrons. The minimum absolute atomic E-state index is 0.0710. The second-order valence-corrected chi connectivity index (χ2v) is 5.15. The summed E-state index contributed by atoms with van der Waals surface area (Å²) in [6.45, 7) is 3.05. The third kappa shape index (κ3) is 4.19. The van der Waals surface area contributed by atoms with E-state index in [-0.39, 0.29) is 18.0 Å². The Morgan fingerprint density at radius 3 is 2.95 bits per heavy atom. The molecule has 21 heavy (non-hydrogen) atoms. The fraction of sp³-hybridized carbons (Fsp3) is 0.467. The van der Waals surface area contributed by atoms with E-state index in [1.165, 1.54) is 0 Å². The Labute approximate surface area is 124 Å². The number of anilines is 2. The molecule has 3 amide bonds. The summed E-state index contributed by atoms with van der Waals surface area (Å²) in [6, 6.07) is 6.95. The fourth-order valence-electron chi connectivity index (χ4n) is 2.36. The SMILES string of the molecule is COCC(C)NC(=O)Nc1cccc(N2CCCC2=O)c1. The molecule has 1 aromatic carbocycles. The minimum atomic E-state index is -0.288. The van der Waals surface area contributed by atoms with Gasteiger partial charge >= 0.3 is 6.03 Å². The van der Waals surface area contributed by atoms with Crippen LogP contribution in [0.25, 0.3) is 0 Å². The number of nitrogens with one attached hydrogen (secondary N) is 2. The highest BCUT2D eigenvalue weighted by molar-refractivity contribution is 5.96. The van der Waals surface area contributed by atoms with Crippen LogP contribution in [0.15, 0.2) is 24.3 Å². The van der Waals surface area contributed by atoms with Crippen LogP contribution in [0.3, 0.4) is 0 Å². The van der Waals surface area contributed by atoms with Crippen LogP contribution in [0.4, 0.5) is 16.2 Å². The van der Waals surface area contributed by atoms with Crippen molar-refractivity contribution in [3.8, 4) is 0 Å². The highest BCUT2D eigenvalue weighted by Gasteiger charge is 2.21. The van der Waals surface area contributed by atoms with Gasteiger partial charge in [-0.3, -0.25) is 4.79 Å². The molecule has 1 aromatic rings. The summed E-state index contributed by atoms with van der Waals surface area (Å²) in [5.41, 5.74) is 1.48. The first-order valence-electron chi connectivity index (χ1n) is 7.07. The largest absolute Gasteiger partial charge is 0.383 e. The molecule has 2 rings (SSSR count). The Morgan fingerprint density at radius 2 is 2.29 bits per heavy atom. The minimum Gasteiger partial charge on any atom is -0.383 e.